The quantitative estimate of drug-likeness (QED) is 0.721. The van der Waals surface area contributed by atoms with E-state index in [0.717, 1.165) is 11.1 Å². The summed E-state index contributed by atoms with van der Waals surface area (Å²) in [6, 6.07) is 7.91. The molecule has 0 heterocycles. The lowest BCUT2D eigenvalue weighted by molar-refractivity contribution is -0.116. The van der Waals surface area contributed by atoms with Crippen LogP contribution in [0.5, 0.6) is 0 Å². The second kappa shape index (κ2) is 5.98. The molecule has 0 spiro atoms. The van der Waals surface area contributed by atoms with Crippen LogP contribution >= 0.6 is 0 Å². The fourth-order valence-corrected chi connectivity index (χ4v) is 1.19. The number of benzene rings is 1. The summed E-state index contributed by atoms with van der Waals surface area (Å²) in [6.45, 7) is 2.98. The Balaban J connectivity index is 2.58. The van der Waals surface area contributed by atoms with Crippen LogP contribution in [0.3, 0.4) is 0 Å². The van der Waals surface area contributed by atoms with E-state index in [2.05, 4.69) is 5.32 Å². The predicted molar refractivity (Wildman–Crippen MR) is 62.3 cm³/mol. The number of nitrogens with two attached hydrogens (primary N) is 1. The lowest BCUT2D eigenvalue weighted by Crippen LogP contribution is -2.27. The molecular weight excluding hydrogens is 188 g/mol. The molecule has 3 heteroatoms. The van der Waals surface area contributed by atoms with Crippen molar-refractivity contribution in [3.63, 3.8) is 0 Å². The van der Waals surface area contributed by atoms with E-state index in [0.29, 0.717) is 13.1 Å². The molecule has 0 atom stereocenters. The van der Waals surface area contributed by atoms with Gasteiger partial charge in [0.1, 0.15) is 0 Å². The van der Waals surface area contributed by atoms with Gasteiger partial charge in [-0.2, -0.15) is 0 Å². The number of carbonyl (C=O) groups excluding carboxylic acids is 1. The van der Waals surface area contributed by atoms with Crippen molar-refractivity contribution in [2.45, 2.75) is 6.92 Å². The molecule has 0 aliphatic carbocycles. The zero-order chi connectivity index (χ0) is 11.1. The average Bonchev–Trinajstić information content (AvgIpc) is 2.25. The first-order valence-electron chi connectivity index (χ1n) is 4.95. The van der Waals surface area contributed by atoms with Gasteiger partial charge < -0.3 is 11.1 Å². The number of hydrogen-bond acceptors (Lipinski definition) is 2. The number of hydrogen-bond donors (Lipinski definition) is 2. The second-order valence-corrected chi connectivity index (χ2v) is 3.27. The van der Waals surface area contributed by atoms with Gasteiger partial charge in [0.25, 0.3) is 0 Å². The van der Waals surface area contributed by atoms with E-state index in [1.807, 2.05) is 31.2 Å². The van der Waals surface area contributed by atoms with Crippen LogP contribution in [-0.4, -0.2) is 19.0 Å². The van der Waals surface area contributed by atoms with Crippen LogP contribution in [0.1, 0.15) is 11.1 Å². The summed E-state index contributed by atoms with van der Waals surface area (Å²) in [4.78, 5) is 11.2. The Labute approximate surface area is 90.0 Å². The van der Waals surface area contributed by atoms with Gasteiger partial charge in [0.15, 0.2) is 0 Å². The summed E-state index contributed by atoms with van der Waals surface area (Å²) in [7, 11) is 0. The highest BCUT2D eigenvalue weighted by Crippen LogP contribution is 2.08. The molecule has 80 valence electrons. The molecule has 1 aromatic rings. The highest BCUT2D eigenvalue weighted by Gasteiger charge is 1.94. The Morgan fingerprint density at radius 3 is 2.87 bits per heavy atom. The lowest BCUT2D eigenvalue weighted by Gasteiger charge is -1.99. The van der Waals surface area contributed by atoms with Crippen LogP contribution in [-0.2, 0) is 4.79 Å². The van der Waals surface area contributed by atoms with Crippen LogP contribution in [0.2, 0.25) is 0 Å². The van der Waals surface area contributed by atoms with Crippen molar-refractivity contribution in [3.05, 3.63) is 41.5 Å². The third kappa shape index (κ3) is 3.95. The third-order valence-corrected chi connectivity index (χ3v) is 2.05. The summed E-state index contributed by atoms with van der Waals surface area (Å²) in [6.07, 6.45) is 3.33. The molecule has 15 heavy (non-hydrogen) atoms. The summed E-state index contributed by atoms with van der Waals surface area (Å²) >= 11 is 0. The fourth-order valence-electron chi connectivity index (χ4n) is 1.19. The Morgan fingerprint density at radius 1 is 1.47 bits per heavy atom. The average molecular weight is 204 g/mol. The molecule has 1 amide bonds. The topological polar surface area (TPSA) is 55.1 Å². The van der Waals surface area contributed by atoms with Crippen molar-refractivity contribution < 1.29 is 4.79 Å². The molecule has 0 unspecified atom stereocenters. The van der Waals surface area contributed by atoms with Crippen LogP contribution < -0.4 is 11.1 Å². The molecule has 0 aliphatic heterocycles. The van der Waals surface area contributed by atoms with E-state index in [9.17, 15) is 4.79 Å². The minimum absolute atomic E-state index is 0.108. The number of aryl methyl sites for hydroxylation is 1. The van der Waals surface area contributed by atoms with Gasteiger partial charge in [0.05, 0.1) is 0 Å². The summed E-state index contributed by atoms with van der Waals surface area (Å²) < 4.78 is 0. The van der Waals surface area contributed by atoms with Crippen LogP contribution in [0, 0.1) is 6.92 Å². The molecule has 0 aromatic heterocycles. The smallest absolute Gasteiger partial charge is 0.244 e. The van der Waals surface area contributed by atoms with Crippen molar-refractivity contribution in [1.29, 1.82) is 0 Å². The molecule has 0 radical (unpaired) electrons. The molecule has 3 N–H and O–H groups in total. The Morgan fingerprint density at radius 2 is 2.20 bits per heavy atom. The number of carbonyl (C=O) groups is 1. The lowest BCUT2D eigenvalue weighted by atomic mass is 10.1. The largest absolute Gasteiger partial charge is 0.351 e. The van der Waals surface area contributed by atoms with Gasteiger partial charge in [-0.1, -0.05) is 24.3 Å². The maximum atomic E-state index is 11.2. The Bertz CT molecular complexity index is 358. The van der Waals surface area contributed by atoms with Crippen LogP contribution in [0.25, 0.3) is 6.08 Å². The highest BCUT2D eigenvalue weighted by atomic mass is 16.1. The molecule has 0 fully saturated rings. The standard InChI is InChI=1S/C12H16N2O/c1-10-4-2-3-5-11(10)6-7-12(15)14-9-8-13/h2-7H,8-9,13H2,1H3,(H,14,15). The van der Waals surface area contributed by atoms with E-state index in [1.54, 1.807) is 6.08 Å². The molecule has 0 saturated carbocycles. The minimum Gasteiger partial charge on any atom is -0.351 e. The van der Waals surface area contributed by atoms with Crippen molar-refractivity contribution in [2.24, 2.45) is 5.73 Å². The van der Waals surface area contributed by atoms with Gasteiger partial charge in [-0.05, 0) is 24.1 Å². The van der Waals surface area contributed by atoms with Gasteiger partial charge in [0.2, 0.25) is 5.91 Å². The highest BCUT2D eigenvalue weighted by molar-refractivity contribution is 5.91. The first kappa shape index (κ1) is 11.5. The number of rotatable bonds is 4. The van der Waals surface area contributed by atoms with Gasteiger partial charge in [-0.3, -0.25) is 4.79 Å². The monoisotopic (exact) mass is 204 g/mol. The van der Waals surface area contributed by atoms with E-state index >= 15 is 0 Å². The molecule has 1 rings (SSSR count). The van der Waals surface area contributed by atoms with Crippen molar-refractivity contribution in [1.82, 2.24) is 5.32 Å². The van der Waals surface area contributed by atoms with Gasteiger partial charge in [-0.15, -0.1) is 0 Å². The summed E-state index contributed by atoms with van der Waals surface area (Å²) in [5.41, 5.74) is 7.48. The molecule has 0 saturated heterocycles. The Hall–Kier alpha value is -1.61. The first-order chi connectivity index (χ1) is 7.24. The van der Waals surface area contributed by atoms with Crippen LogP contribution in [0.4, 0.5) is 0 Å². The van der Waals surface area contributed by atoms with Crippen molar-refractivity contribution >= 4 is 12.0 Å². The van der Waals surface area contributed by atoms with Crippen molar-refractivity contribution in [3.8, 4) is 0 Å². The van der Waals surface area contributed by atoms with Crippen molar-refractivity contribution in [2.75, 3.05) is 13.1 Å². The number of amides is 1. The third-order valence-electron chi connectivity index (χ3n) is 2.05. The van der Waals surface area contributed by atoms with Gasteiger partial charge >= 0.3 is 0 Å². The molecular formula is C12H16N2O. The molecule has 1 aromatic carbocycles. The Kier molecular flexibility index (Phi) is 4.57. The maximum absolute atomic E-state index is 11.2. The minimum atomic E-state index is -0.108. The maximum Gasteiger partial charge on any atom is 0.244 e. The molecule has 0 bridgehead atoms. The number of nitrogens with one attached hydrogen (secondary N) is 1. The second-order valence-electron chi connectivity index (χ2n) is 3.27. The first-order valence-corrected chi connectivity index (χ1v) is 4.95. The van der Waals surface area contributed by atoms with Crippen LogP contribution in [0.15, 0.2) is 30.3 Å². The SMILES string of the molecule is Cc1ccccc1C=CC(=O)NCCN. The summed E-state index contributed by atoms with van der Waals surface area (Å²) in [5, 5.41) is 2.67. The van der Waals surface area contributed by atoms with Gasteiger partial charge in [-0.25, -0.2) is 0 Å². The van der Waals surface area contributed by atoms with E-state index in [4.69, 9.17) is 5.73 Å². The van der Waals surface area contributed by atoms with Gasteiger partial charge in [0, 0.05) is 19.2 Å². The fraction of sp³-hybridized carbons (Fsp3) is 0.250. The van der Waals surface area contributed by atoms with E-state index in [1.165, 1.54) is 6.08 Å². The van der Waals surface area contributed by atoms with E-state index in [-0.39, 0.29) is 5.91 Å². The predicted octanol–water partition coefficient (Wildman–Crippen LogP) is 1.08. The van der Waals surface area contributed by atoms with E-state index < -0.39 is 0 Å². The zero-order valence-corrected chi connectivity index (χ0v) is 8.86. The zero-order valence-electron chi connectivity index (χ0n) is 8.86. The molecule has 3 nitrogen and oxygen atoms in total. The molecule has 0 aliphatic rings. The summed E-state index contributed by atoms with van der Waals surface area (Å²) in [5.74, 6) is -0.108. The normalized spacial score (nSPS) is 10.5.